The second kappa shape index (κ2) is 48.3. The lowest BCUT2D eigenvalue weighted by atomic mass is 9.90. The predicted octanol–water partition coefficient (Wildman–Crippen LogP) is 1.39. The minimum Gasteiger partial charge on any atom is -0.480 e. The number of amides is 14. The average Bonchev–Trinajstić information content (AvgIpc) is 1.64. The van der Waals surface area contributed by atoms with Gasteiger partial charge in [0.1, 0.15) is 73.0 Å². The van der Waals surface area contributed by atoms with Gasteiger partial charge in [-0.15, -0.1) is 0 Å². The van der Waals surface area contributed by atoms with Gasteiger partial charge in [0.2, 0.25) is 82.7 Å². The van der Waals surface area contributed by atoms with Crippen molar-refractivity contribution < 1.29 is 86.9 Å². The van der Waals surface area contributed by atoms with Crippen LogP contribution >= 0.6 is 0 Å². The number of primary amides is 1. The van der Waals surface area contributed by atoms with Gasteiger partial charge in [0.25, 0.3) is 0 Å². The molecule has 5 aromatic rings. The number of fused-ring (bicyclic) bond motifs is 5. The number of carboxylic acid groups (broad SMARTS) is 1. The number of aryl methyl sites for hydroxylation is 1. The van der Waals surface area contributed by atoms with E-state index in [9.17, 15) is 48.6 Å². The van der Waals surface area contributed by atoms with Crippen molar-refractivity contribution in [1.29, 1.82) is 0 Å². The number of aromatic amines is 1. The van der Waals surface area contributed by atoms with E-state index in [0.29, 0.717) is 77.0 Å². The maximum atomic E-state index is 15.9. The molecule has 130 heavy (non-hydrogen) atoms. The number of hydrogen-bond donors (Lipinski definition) is 15. The van der Waals surface area contributed by atoms with Crippen LogP contribution in [0.25, 0.3) is 21.8 Å². The quantitative estimate of drug-likeness (QED) is 0.0439. The molecule has 14 amide bonds. The predicted molar refractivity (Wildman–Crippen MR) is 485 cm³/mol. The number of carbonyl (C=O) groups excluding carboxylic acids is 15. The van der Waals surface area contributed by atoms with Crippen molar-refractivity contribution >= 4 is 116 Å². The van der Waals surface area contributed by atoms with Gasteiger partial charge < -0.3 is 110 Å². The fourth-order valence-corrected chi connectivity index (χ4v) is 18.0. The van der Waals surface area contributed by atoms with Crippen molar-refractivity contribution in [3.05, 3.63) is 107 Å². The monoisotopic (exact) mass is 1810 g/mol. The molecule has 710 valence electrons. The molecule has 0 saturated carbocycles. The molecular formula is C93H135N19O18. The summed E-state index contributed by atoms with van der Waals surface area (Å²) in [6.45, 7) is 11.2. The number of aromatic nitrogens is 2. The van der Waals surface area contributed by atoms with Crippen LogP contribution in [0.3, 0.4) is 0 Å². The summed E-state index contributed by atoms with van der Waals surface area (Å²) in [5, 5.41) is 45.2. The fourth-order valence-electron chi connectivity index (χ4n) is 18.0. The first kappa shape index (κ1) is 102. The molecule has 3 aromatic carbocycles. The lowest BCUT2D eigenvalue weighted by Crippen LogP contribution is -2.62. The summed E-state index contributed by atoms with van der Waals surface area (Å²) in [5.74, 6) is -14.9. The summed E-state index contributed by atoms with van der Waals surface area (Å²) >= 11 is 0. The lowest BCUT2D eigenvalue weighted by molar-refractivity contribution is -0.149. The highest BCUT2D eigenvalue weighted by Crippen LogP contribution is 2.31. The third-order valence-corrected chi connectivity index (χ3v) is 25.1. The number of likely N-dealkylation sites (N-methyl/N-ethyl adjacent to an activating group) is 2. The van der Waals surface area contributed by atoms with Gasteiger partial charge in [0.15, 0.2) is 5.78 Å². The van der Waals surface area contributed by atoms with Gasteiger partial charge in [-0.1, -0.05) is 133 Å². The smallest absolute Gasteiger partial charge is 0.323 e. The lowest BCUT2D eigenvalue weighted by Gasteiger charge is -2.38. The van der Waals surface area contributed by atoms with Crippen LogP contribution in [0.5, 0.6) is 0 Å². The van der Waals surface area contributed by atoms with Crippen LogP contribution in [-0.2, 0) is 103 Å². The highest BCUT2D eigenvalue weighted by Gasteiger charge is 2.47. The van der Waals surface area contributed by atoms with E-state index in [-0.39, 0.29) is 128 Å². The number of ketones is 1. The number of Topliss-reactive ketones (excluding diaryl/α,β-unsaturated/α-hetero) is 1. The van der Waals surface area contributed by atoms with E-state index in [1.165, 1.54) is 33.4 Å². The average molecular weight is 1810 g/mol. The Balaban J connectivity index is 1.08. The van der Waals surface area contributed by atoms with Crippen LogP contribution in [0.15, 0.2) is 85.2 Å². The Morgan fingerprint density at radius 2 is 1.08 bits per heavy atom. The molecule has 0 bridgehead atoms. The van der Waals surface area contributed by atoms with Crippen molar-refractivity contribution in [2.45, 2.75) is 281 Å². The molecule has 37 nitrogen and oxygen atoms in total. The number of hydrogen-bond acceptors (Lipinski definition) is 20. The number of unbranched alkanes of at least 4 members (excludes halogenated alkanes) is 2. The maximum absolute atomic E-state index is 15.9. The van der Waals surface area contributed by atoms with Crippen LogP contribution < -0.4 is 65.5 Å². The third-order valence-electron chi connectivity index (χ3n) is 25.1. The number of piperidine rings is 1. The van der Waals surface area contributed by atoms with Crippen molar-refractivity contribution in [2.75, 3.05) is 53.4 Å². The van der Waals surface area contributed by atoms with Crippen molar-refractivity contribution in [1.82, 2.24) is 76.6 Å². The molecule has 4 aliphatic heterocycles. The number of benzene rings is 3. The van der Waals surface area contributed by atoms with E-state index in [1.54, 1.807) is 74.8 Å². The molecule has 37 heteroatoms. The molecule has 9 rings (SSSR count). The number of carbonyl (C=O) groups is 16. The molecule has 0 spiro atoms. The summed E-state index contributed by atoms with van der Waals surface area (Å²) in [4.78, 5) is 246. The molecule has 15 atom stereocenters. The third kappa shape index (κ3) is 27.2. The molecule has 0 unspecified atom stereocenters. The van der Waals surface area contributed by atoms with Crippen LogP contribution in [0.4, 0.5) is 0 Å². The number of aliphatic carboxylic acids is 1. The van der Waals surface area contributed by atoms with Crippen LogP contribution in [0, 0.1) is 24.7 Å². The summed E-state index contributed by atoms with van der Waals surface area (Å²) in [6, 6.07) is 3.31. The highest BCUT2D eigenvalue weighted by molar-refractivity contribution is 6.02. The molecule has 0 aliphatic carbocycles. The number of rotatable bonds is 23. The standard InChI is InChI=1S/C93H135N19O18/c1-10-12-26-73-86(123)101-66(40-53(3)4)83(120)98-37-20-24-63(96)82(119)102-68(42-56-33-31-55(7)32-34-56)90(127)110-38-19-18-29-74(110)87(124)105-70(47-79(97)115)91(128)111-39-21-30-75(111)88(125)106-71(48-95)85(122)103-67(41-54(5)6)92(129)112-51-60(113)46-77(112)78(114)45-57(43-58-49-99-64-25-16-14-22-61(58)64)81(118)100-65(35-36-94)84(121)104-69(89(126)108(9)76(27-13-11-2)93(130)107(73)8)44-59-50-109(52-80(116)117)72-28-17-15-23-62(59)72/h14-17,22-23,25,28,31-34,49-50,53-54,57,60,63,65-71,73-77,99,113H,10-13,18-21,24,26-27,29-30,35-48,51-52,94-96H2,1-9H3,(H2,97,115)(H,98,120)(H,100,118)(H,101,123)(H,102,119)(H,103,122)(H,104,121)(H,105,124)(H,106,125)(H,116,117)/t57-,60-,63+,65+,66+,67+,68+,69+,70+,71+,73+,74+,75+,76+,77+/m1/s1. The summed E-state index contributed by atoms with van der Waals surface area (Å²) in [6.07, 6.45) is 3.16. The van der Waals surface area contributed by atoms with Crippen molar-refractivity contribution in [3.63, 3.8) is 0 Å². The summed E-state index contributed by atoms with van der Waals surface area (Å²) in [5.41, 5.74) is 28.6. The summed E-state index contributed by atoms with van der Waals surface area (Å²) in [7, 11) is 2.84. The van der Waals surface area contributed by atoms with Crippen molar-refractivity contribution in [2.24, 2.45) is 40.7 Å². The number of aliphatic hydroxyl groups is 1. The highest BCUT2D eigenvalue weighted by atomic mass is 16.4. The molecule has 4 saturated heterocycles. The Labute approximate surface area is 758 Å². The Morgan fingerprint density at radius 1 is 0.523 bits per heavy atom. The van der Waals surface area contributed by atoms with Crippen LogP contribution in [0.2, 0.25) is 0 Å². The van der Waals surface area contributed by atoms with Crippen LogP contribution in [-0.4, -0.2) is 277 Å². The number of carboxylic acids is 1. The van der Waals surface area contributed by atoms with Gasteiger partial charge in [-0.25, -0.2) is 0 Å². The zero-order valence-corrected chi connectivity index (χ0v) is 76.3. The topological polar surface area (TPSA) is 551 Å². The first-order chi connectivity index (χ1) is 61.9. The normalized spacial score (nSPS) is 26.0. The van der Waals surface area contributed by atoms with E-state index < -0.39 is 217 Å². The second-order valence-electron chi connectivity index (χ2n) is 36.1. The first-order valence-electron chi connectivity index (χ1n) is 45.8. The number of nitrogens with one attached hydrogen (secondary N) is 9. The second-order valence-corrected chi connectivity index (χ2v) is 36.1. The molecule has 19 N–H and O–H groups in total. The minimum absolute atomic E-state index is 0.0177. The molecule has 2 aromatic heterocycles. The van der Waals surface area contributed by atoms with E-state index in [1.807, 2.05) is 58.9 Å². The van der Waals surface area contributed by atoms with Gasteiger partial charge in [-0.3, -0.25) is 76.7 Å². The number of nitrogens with two attached hydrogens (primary N) is 4. The number of aliphatic hydroxyl groups excluding tert-OH is 1. The van der Waals surface area contributed by atoms with E-state index in [4.69, 9.17) is 22.9 Å². The molecule has 6 heterocycles. The van der Waals surface area contributed by atoms with Gasteiger partial charge in [0, 0.05) is 113 Å². The molecule has 4 aliphatic rings. The maximum Gasteiger partial charge on any atom is 0.323 e. The largest absolute Gasteiger partial charge is 0.480 e. The zero-order valence-electron chi connectivity index (χ0n) is 76.3. The Morgan fingerprint density at radius 3 is 1.72 bits per heavy atom. The Kier molecular flexibility index (Phi) is 37.9. The van der Waals surface area contributed by atoms with E-state index >= 15 is 38.4 Å². The minimum atomic E-state index is -1.67. The van der Waals surface area contributed by atoms with Gasteiger partial charge >= 0.3 is 5.97 Å². The number of para-hydroxylation sites is 2. The zero-order chi connectivity index (χ0) is 94.9. The molecule has 0 radical (unpaired) electrons. The Hall–Kier alpha value is -11.7. The summed E-state index contributed by atoms with van der Waals surface area (Å²) < 4.78 is 1.48. The van der Waals surface area contributed by atoms with E-state index in [0.717, 1.165) is 15.4 Å². The Bertz CT molecular complexity index is 4840. The van der Waals surface area contributed by atoms with Crippen LogP contribution in [0.1, 0.15) is 186 Å². The van der Waals surface area contributed by atoms with Gasteiger partial charge in [0.05, 0.1) is 24.6 Å². The fraction of sp³-hybridized carbons (Fsp3) is 0.591. The van der Waals surface area contributed by atoms with Crippen molar-refractivity contribution in [3.8, 4) is 0 Å². The van der Waals surface area contributed by atoms with E-state index in [2.05, 4.69) is 47.5 Å². The van der Waals surface area contributed by atoms with Gasteiger partial charge in [-0.2, -0.15) is 0 Å². The van der Waals surface area contributed by atoms with Gasteiger partial charge in [-0.05, 0) is 138 Å². The molecular weight excluding hydrogens is 1670 g/mol. The number of H-pyrrole nitrogens is 1. The first-order valence-corrected chi connectivity index (χ1v) is 45.8. The number of nitrogens with zero attached hydrogens (tertiary/aromatic N) is 6. The molecule has 4 fully saturated rings. The SMILES string of the molecule is CCCC[C@H]1C(=O)N(C)[C@@H](CCCC)C(=O)N[C@@H](CC(C)C)C(=O)NCCC[C@H](N)C(=O)N[C@@H](Cc2ccc(C)cc2)C(=O)N2CCCC[C@H]2C(=O)N[C@@H](CC(N)=O)C(=O)N2CCC[C@H]2C(=O)N[C@@H](CN)C(=O)N[C@@H](CC(C)C)C(=O)N2C[C@H](O)C[C@H]2C(=O)C[C@@H](Cc2c[nH]c3ccccc23)C(=O)N[C@@H](CCN)C(=O)N[C@@H](Cc2cn(CC(=O)O)c3ccccc23)C(=O)N1C.